The van der Waals surface area contributed by atoms with Gasteiger partial charge >= 0.3 is 5.97 Å². The van der Waals surface area contributed by atoms with Crippen LogP contribution in [0.2, 0.25) is 5.02 Å². The molecule has 5 heteroatoms. The zero-order valence-corrected chi connectivity index (χ0v) is 9.05. The fourth-order valence-corrected chi connectivity index (χ4v) is 2.01. The van der Waals surface area contributed by atoms with Crippen molar-refractivity contribution in [3.8, 4) is 11.3 Å². The summed E-state index contributed by atoms with van der Waals surface area (Å²) in [5, 5.41) is 11.1. The lowest BCUT2D eigenvalue weighted by atomic mass is 10.1. The van der Waals surface area contributed by atoms with Crippen molar-refractivity contribution in [3.63, 3.8) is 0 Å². The molecule has 76 valence electrons. The van der Waals surface area contributed by atoms with Gasteiger partial charge in [0.1, 0.15) is 0 Å². The van der Waals surface area contributed by atoms with Crippen LogP contribution < -0.4 is 0 Å². The van der Waals surface area contributed by atoms with E-state index in [2.05, 4.69) is 4.98 Å². The first-order chi connectivity index (χ1) is 7.16. The highest BCUT2D eigenvalue weighted by molar-refractivity contribution is 7.07. The summed E-state index contributed by atoms with van der Waals surface area (Å²) in [6, 6.07) is 4.67. The molecule has 1 N–H and O–H groups in total. The van der Waals surface area contributed by atoms with Gasteiger partial charge in [0.05, 0.1) is 16.8 Å². The Hall–Kier alpha value is -1.39. The average Bonchev–Trinajstić information content (AvgIpc) is 2.69. The SMILES string of the molecule is O=C(O)c1cc(Cl)cc(-c2cscn2)c1. The van der Waals surface area contributed by atoms with Gasteiger partial charge in [-0.2, -0.15) is 0 Å². The molecule has 1 aromatic heterocycles. The Bertz CT molecular complexity index is 496. The largest absolute Gasteiger partial charge is 0.478 e. The van der Waals surface area contributed by atoms with Gasteiger partial charge in [0.25, 0.3) is 0 Å². The zero-order chi connectivity index (χ0) is 10.8. The van der Waals surface area contributed by atoms with E-state index < -0.39 is 5.97 Å². The van der Waals surface area contributed by atoms with Crippen LogP contribution in [0.15, 0.2) is 29.1 Å². The normalized spacial score (nSPS) is 10.2. The van der Waals surface area contributed by atoms with Crippen LogP contribution in [0.3, 0.4) is 0 Å². The number of hydrogen-bond donors (Lipinski definition) is 1. The lowest BCUT2D eigenvalue weighted by molar-refractivity contribution is 0.0697. The first-order valence-electron chi connectivity index (χ1n) is 4.09. The molecule has 0 fully saturated rings. The van der Waals surface area contributed by atoms with Crippen LogP contribution in [0.25, 0.3) is 11.3 Å². The Balaban J connectivity index is 2.54. The summed E-state index contributed by atoms with van der Waals surface area (Å²) in [5.41, 5.74) is 3.33. The van der Waals surface area contributed by atoms with E-state index in [9.17, 15) is 4.79 Å². The van der Waals surface area contributed by atoms with E-state index in [0.717, 1.165) is 11.3 Å². The highest BCUT2D eigenvalue weighted by atomic mass is 35.5. The molecule has 0 bridgehead atoms. The first kappa shape index (κ1) is 10.1. The number of benzene rings is 1. The number of nitrogens with zero attached hydrogens (tertiary/aromatic N) is 1. The smallest absolute Gasteiger partial charge is 0.335 e. The van der Waals surface area contributed by atoms with E-state index in [4.69, 9.17) is 16.7 Å². The summed E-state index contributed by atoms with van der Waals surface area (Å²) in [5.74, 6) is -0.992. The molecule has 0 amide bonds. The second-order valence-corrected chi connectivity index (χ2v) is 4.06. The van der Waals surface area contributed by atoms with Gasteiger partial charge in [0, 0.05) is 16.0 Å². The molecule has 0 aliphatic rings. The summed E-state index contributed by atoms with van der Waals surface area (Å²) >= 11 is 7.28. The molecule has 0 saturated heterocycles. The molecule has 2 aromatic rings. The second kappa shape index (κ2) is 4.00. The molecule has 0 radical (unpaired) electrons. The van der Waals surface area contributed by atoms with Gasteiger partial charge < -0.3 is 5.11 Å². The van der Waals surface area contributed by atoms with Crippen molar-refractivity contribution < 1.29 is 9.90 Å². The number of aromatic carboxylic acids is 1. The molecule has 0 unspecified atom stereocenters. The van der Waals surface area contributed by atoms with E-state index in [1.807, 2.05) is 5.38 Å². The lowest BCUT2D eigenvalue weighted by Crippen LogP contribution is -1.96. The van der Waals surface area contributed by atoms with E-state index >= 15 is 0 Å². The van der Waals surface area contributed by atoms with Crippen LogP contribution in [0.1, 0.15) is 10.4 Å². The van der Waals surface area contributed by atoms with Crippen LogP contribution in [-0.4, -0.2) is 16.1 Å². The number of aromatic nitrogens is 1. The minimum atomic E-state index is -0.992. The fourth-order valence-electron chi connectivity index (χ4n) is 1.22. The maximum Gasteiger partial charge on any atom is 0.335 e. The van der Waals surface area contributed by atoms with Crippen molar-refractivity contribution in [2.75, 3.05) is 0 Å². The summed E-state index contributed by atoms with van der Waals surface area (Å²) in [6.07, 6.45) is 0. The standard InChI is InChI=1S/C10H6ClNO2S/c11-8-2-6(9-4-15-5-12-9)1-7(3-8)10(13)14/h1-5H,(H,13,14). The van der Waals surface area contributed by atoms with Crippen molar-refractivity contribution in [1.29, 1.82) is 0 Å². The Morgan fingerprint density at radius 3 is 2.80 bits per heavy atom. The Morgan fingerprint density at radius 2 is 2.20 bits per heavy atom. The van der Waals surface area contributed by atoms with Crippen LogP contribution in [-0.2, 0) is 0 Å². The molecule has 0 aliphatic heterocycles. The summed E-state index contributed by atoms with van der Waals surface area (Å²) in [6.45, 7) is 0. The number of halogens is 1. The third-order valence-corrected chi connectivity index (χ3v) is 2.68. The van der Waals surface area contributed by atoms with Gasteiger partial charge in [0.15, 0.2) is 0 Å². The van der Waals surface area contributed by atoms with Crippen molar-refractivity contribution in [3.05, 3.63) is 39.7 Å². The van der Waals surface area contributed by atoms with Crippen LogP contribution in [0.4, 0.5) is 0 Å². The molecule has 2 rings (SSSR count). The summed E-state index contributed by atoms with van der Waals surface area (Å²) in [4.78, 5) is 14.9. The minimum absolute atomic E-state index is 0.172. The van der Waals surface area contributed by atoms with Crippen LogP contribution in [0.5, 0.6) is 0 Å². The fraction of sp³-hybridized carbons (Fsp3) is 0. The summed E-state index contributed by atoms with van der Waals surface area (Å²) < 4.78 is 0. The number of carboxylic acids is 1. The van der Waals surface area contributed by atoms with Crippen molar-refractivity contribution in [1.82, 2.24) is 4.98 Å². The van der Waals surface area contributed by atoms with E-state index in [1.165, 1.54) is 17.4 Å². The molecule has 15 heavy (non-hydrogen) atoms. The Labute approximate surface area is 95.0 Å². The molecule has 0 atom stereocenters. The number of thiazole rings is 1. The van der Waals surface area contributed by atoms with Crippen LogP contribution >= 0.6 is 22.9 Å². The molecule has 1 heterocycles. The van der Waals surface area contributed by atoms with Crippen LogP contribution in [0, 0.1) is 0 Å². The Kier molecular flexibility index (Phi) is 2.70. The third kappa shape index (κ3) is 2.16. The highest BCUT2D eigenvalue weighted by Crippen LogP contribution is 2.24. The maximum absolute atomic E-state index is 10.8. The van der Waals surface area contributed by atoms with Gasteiger partial charge in [-0.25, -0.2) is 9.78 Å². The van der Waals surface area contributed by atoms with Crippen molar-refractivity contribution in [2.24, 2.45) is 0 Å². The van der Waals surface area contributed by atoms with Crippen molar-refractivity contribution in [2.45, 2.75) is 0 Å². The number of carbonyl (C=O) groups is 1. The number of rotatable bonds is 2. The van der Waals surface area contributed by atoms with E-state index in [-0.39, 0.29) is 5.56 Å². The van der Waals surface area contributed by atoms with E-state index in [1.54, 1.807) is 17.6 Å². The predicted molar refractivity (Wildman–Crippen MR) is 59.5 cm³/mol. The topological polar surface area (TPSA) is 50.2 Å². The van der Waals surface area contributed by atoms with Gasteiger partial charge in [-0.1, -0.05) is 11.6 Å². The summed E-state index contributed by atoms with van der Waals surface area (Å²) in [7, 11) is 0. The predicted octanol–water partition coefficient (Wildman–Crippen LogP) is 3.16. The molecular weight excluding hydrogens is 234 g/mol. The second-order valence-electron chi connectivity index (χ2n) is 2.91. The van der Waals surface area contributed by atoms with Gasteiger partial charge in [-0.15, -0.1) is 11.3 Å². The van der Waals surface area contributed by atoms with Crippen molar-refractivity contribution >= 4 is 28.9 Å². The average molecular weight is 240 g/mol. The Morgan fingerprint density at radius 1 is 1.40 bits per heavy atom. The molecule has 0 aliphatic carbocycles. The molecule has 0 saturated carbocycles. The van der Waals surface area contributed by atoms with Gasteiger partial charge in [0.2, 0.25) is 0 Å². The van der Waals surface area contributed by atoms with Gasteiger partial charge in [-0.3, -0.25) is 0 Å². The number of hydrogen-bond acceptors (Lipinski definition) is 3. The quantitative estimate of drug-likeness (QED) is 0.876. The third-order valence-electron chi connectivity index (χ3n) is 1.87. The zero-order valence-electron chi connectivity index (χ0n) is 7.48. The molecule has 1 aromatic carbocycles. The van der Waals surface area contributed by atoms with E-state index in [0.29, 0.717) is 5.02 Å². The molecule has 3 nitrogen and oxygen atoms in total. The first-order valence-corrected chi connectivity index (χ1v) is 5.41. The maximum atomic E-state index is 10.8. The molecule has 0 spiro atoms. The molecular formula is C10H6ClNO2S. The monoisotopic (exact) mass is 239 g/mol. The minimum Gasteiger partial charge on any atom is -0.478 e. The highest BCUT2D eigenvalue weighted by Gasteiger charge is 2.08. The number of carboxylic acid groups (broad SMARTS) is 1. The lowest BCUT2D eigenvalue weighted by Gasteiger charge is -2.00. The van der Waals surface area contributed by atoms with Gasteiger partial charge in [-0.05, 0) is 18.2 Å².